The van der Waals surface area contributed by atoms with Crippen molar-refractivity contribution in [1.82, 2.24) is 5.32 Å². The highest BCUT2D eigenvalue weighted by molar-refractivity contribution is 6.04. The fourth-order valence-electron chi connectivity index (χ4n) is 5.22. The summed E-state index contributed by atoms with van der Waals surface area (Å²) in [5, 5.41) is 3.41. The minimum atomic E-state index is -0.0776. The molecule has 0 amide bonds. The number of piperidine rings is 1. The average molecular weight is 434 g/mol. The highest BCUT2D eigenvalue weighted by Gasteiger charge is 2.36. The van der Waals surface area contributed by atoms with E-state index in [1.54, 1.807) is 6.07 Å². The maximum Gasteiger partial charge on any atom is 0.166 e. The van der Waals surface area contributed by atoms with Crippen LogP contribution in [0.25, 0.3) is 0 Å². The molecule has 4 rings (SSSR count). The van der Waals surface area contributed by atoms with Gasteiger partial charge in [0.25, 0.3) is 0 Å². The molecule has 2 aliphatic rings. The standard InChI is InChI=1S/C28H35NO3/c1-3-25(30)23-17-22(26(31)12-8-7-9-20-13-15-29-16-14-20)18-24-27(19(2)32-28(23)24)21-10-5-4-6-11-21/h4-6,10-11,17-20,27,29H,3,7-9,12-16H2,1-2H3/t19-,27+/m1/s1. The van der Waals surface area contributed by atoms with Crippen LogP contribution >= 0.6 is 0 Å². The molecule has 1 fully saturated rings. The number of carbonyl (C=O) groups is 2. The molecular weight excluding hydrogens is 398 g/mol. The summed E-state index contributed by atoms with van der Waals surface area (Å²) < 4.78 is 6.19. The number of fused-ring (bicyclic) bond motifs is 1. The number of benzene rings is 2. The number of ketones is 2. The number of rotatable bonds is 9. The second-order valence-corrected chi connectivity index (χ2v) is 9.29. The molecule has 0 aromatic heterocycles. The highest BCUT2D eigenvalue weighted by Crippen LogP contribution is 2.45. The summed E-state index contributed by atoms with van der Waals surface area (Å²) in [6, 6.07) is 14.0. The lowest BCUT2D eigenvalue weighted by Gasteiger charge is -2.22. The first-order valence-electron chi connectivity index (χ1n) is 12.2. The molecule has 1 N–H and O–H groups in total. The van der Waals surface area contributed by atoms with E-state index in [-0.39, 0.29) is 23.6 Å². The lowest BCUT2D eigenvalue weighted by molar-refractivity contribution is 0.0978. The molecule has 0 radical (unpaired) electrons. The first-order valence-corrected chi connectivity index (χ1v) is 12.2. The zero-order valence-corrected chi connectivity index (χ0v) is 19.4. The number of Topliss-reactive ketones (excluding diaryl/α,β-unsaturated/α-hetero) is 2. The van der Waals surface area contributed by atoms with Gasteiger partial charge in [0, 0.05) is 29.9 Å². The molecule has 0 spiro atoms. The Kier molecular flexibility index (Phi) is 7.41. The molecule has 2 aliphatic heterocycles. The summed E-state index contributed by atoms with van der Waals surface area (Å²) in [5.41, 5.74) is 3.34. The number of ether oxygens (including phenoxy) is 1. The Bertz CT molecular complexity index is 947. The molecule has 1 saturated heterocycles. The molecule has 0 bridgehead atoms. The van der Waals surface area contributed by atoms with E-state index < -0.39 is 0 Å². The van der Waals surface area contributed by atoms with Crippen LogP contribution in [0.4, 0.5) is 0 Å². The van der Waals surface area contributed by atoms with Crippen LogP contribution in [0.5, 0.6) is 5.75 Å². The Morgan fingerprint density at radius 2 is 1.78 bits per heavy atom. The van der Waals surface area contributed by atoms with Gasteiger partial charge in [-0.05, 0) is 62.9 Å². The quantitative estimate of drug-likeness (QED) is 0.393. The third-order valence-corrected chi connectivity index (χ3v) is 7.05. The summed E-state index contributed by atoms with van der Waals surface area (Å²) in [7, 11) is 0. The number of nitrogens with one attached hydrogen (secondary N) is 1. The van der Waals surface area contributed by atoms with Gasteiger partial charge >= 0.3 is 0 Å². The van der Waals surface area contributed by atoms with E-state index >= 15 is 0 Å². The van der Waals surface area contributed by atoms with Crippen LogP contribution < -0.4 is 10.1 Å². The van der Waals surface area contributed by atoms with Crippen molar-refractivity contribution < 1.29 is 14.3 Å². The van der Waals surface area contributed by atoms with E-state index in [2.05, 4.69) is 17.4 Å². The lowest BCUT2D eigenvalue weighted by Crippen LogP contribution is -2.27. The van der Waals surface area contributed by atoms with E-state index in [1.807, 2.05) is 38.1 Å². The summed E-state index contributed by atoms with van der Waals surface area (Å²) in [6.45, 7) is 6.14. The fraction of sp³-hybridized carbons (Fsp3) is 0.500. The number of hydrogen-bond acceptors (Lipinski definition) is 4. The van der Waals surface area contributed by atoms with Gasteiger partial charge < -0.3 is 10.1 Å². The Hall–Kier alpha value is -2.46. The number of unbranched alkanes of at least 4 members (excludes halogenated alkanes) is 1. The van der Waals surface area contributed by atoms with Crippen molar-refractivity contribution in [3.05, 3.63) is 64.7 Å². The molecule has 0 aliphatic carbocycles. The highest BCUT2D eigenvalue weighted by atomic mass is 16.5. The van der Waals surface area contributed by atoms with Gasteiger partial charge in [0.1, 0.15) is 11.9 Å². The van der Waals surface area contributed by atoms with Gasteiger partial charge in [-0.3, -0.25) is 9.59 Å². The molecule has 2 aromatic carbocycles. The van der Waals surface area contributed by atoms with Crippen molar-refractivity contribution >= 4 is 11.6 Å². The third kappa shape index (κ3) is 4.96. The molecule has 170 valence electrons. The van der Waals surface area contributed by atoms with Crippen LogP contribution in [0.1, 0.15) is 96.6 Å². The smallest absolute Gasteiger partial charge is 0.166 e. The van der Waals surface area contributed by atoms with Crippen LogP contribution in [0.2, 0.25) is 0 Å². The lowest BCUT2D eigenvalue weighted by atomic mass is 9.85. The number of carbonyl (C=O) groups excluding carboxylic acids is 2. The van der Waals surface area contributed by atoms with Crippen LogP contribution in [-0.4, -0.2) is 30.8 Å². The summed E-state index contributed by atoms with van der Waals surface area (Å²) in [5.74, 6) is 1.66. The van der Waals surface area contributed by atoms with Crippen LogP contribution in [0.3, 0.4) is 0 Å². The van der Waals surface area contributed by atoms with Gasteiger partial charge in [0.05, 0.1) is 5.56 Å². The minimum Gasteiger partial charge on any atom is -0.489 e. The third-order valence-electron chi connectivity index (χ3n) is 7.05. The summed E-state index contributed by atoms with van der Waals surface area (Å²) >= 11 is 0. The van der Waals surface area contributed by atoms with Gasteiger partial charge in [-0.2, -0.15) is 0 Å². The monoisotopic (exact) mass is 433 g/mol. The molecule has 4 nitrogen and oxygen atoms in total. The normalized spacial score (nSPS) is 20.6. The van der Waals surface area contributed by atoms with Crippen LogP contribution in [0, 0.1) is 5.92 Å². The van der Waals surface area contributed by atoms with Gasteiger partial charge in [-0.1, -0.05) is 50.1 Å². The van der Waals surface area contributed by atoms with Gasteiger partial charge in [0.15, 0.2) is 11.6 Å². The topological polar surface area (TPSA) is 55.4 Å². The van der Waals surface area contributed by atoms with Crippen LogP contribution in [0.15, 0.2) is 42.5 Å². The van der Waals surface area contributed by atoms with Gasteiger partial charge in [-0.25, -0.2) is 0 Å². The molecule has 2 heterocycles. The molecule has 0 unspecified atom stereocenters. The summed E-state index contributed by atoms with van der Waals surface area (Å²) in [6.07, 6.45) is 6.57. The molecule has 32 heavy (non-hydrogen) atoms. The predicted octanol–water partition coefficient (Wildman–Crippen LogP) is 5.93. The molecular formula is C28H35NO3. The Balaban J connectivity index is 1.53. The zero-order chi connectivity index (χ0) is 22.5. The van der Waals surface area contributed by atoms with Crippen molar-refractivity contribution in [1.29, 1.82) is 0 Å². The van der Waals surface area contributed by atoms with E-state index in [0.717, 1.165) is 43.0 Å². The average Bonchev–Trinajstić information content (AvgIpc) is 3.17. The van der Waals surface area contributed by atoms with Gasteiger partial charge in [-0.15, -0.1) is 0 Å². The first kappa shape index (κ1) is 22.7. The van der Waals surface area contributed by atoms with Crippen molar-refractivity contribution in [3.8, 4) is 5.75 Å². The predicted molar refractivity (Wildman–Crippen MR) is 128 cm³/mol. The summed E-state index contributed by atoms with van der Waals surface area (Å²) in [4.78, 5) is 25.9. The minimum absolute atomic E-state index is 0.0299. The maximum atomic E-state index is 13.1. The Labute approximate surface area is 191 Å². The Morgan fingerprint density at radius 3 is 2.50 bits per heavy atom. The van der Waals surface area contributed by atoms with E-state index in [9.17, 15) is 9.59 Å². The van der Waals surface area contributed by atoms with Crippen molar-refractivity contribution in [2.45, 2.75) is 70.8 Å². The molecule has 0 saturated carbocycles. The molecule has 2 atom stereocenters. The maximum absolute atomic E-state index is 13.1. The van der Waals surface area contributed by atoms with Crippen molar-refractivity contribution in [2.24, 2.45) is 5.92 Å². The number of hydrogen-bond donors (Lipinski definition) is 1. The van der Waals surface area contributed by atoms with E-state index in [1.165, 1.54) is 19.3 Å². The fourth-order valence-corrected chi connectivity index (χ4v) is 5.22. The first-order chi connectivity index (χ1) is 15.6. The van der Waals surface area contributed by atoms with Crippen molar-refractivity contribution in [2.75, 3.05) is 13.1 Å². The van der Waals surface area contributed by atoms with Crippen LogP contribution in [-0.2, 0) is 0 Å². The van der Waals surface area contributed by atoms with Crippen molar-refractivity contribution in [3.63, 3.8) is 0 Å². The van der Waals surface area contributed by atoms with Gasteiger partial charge in [0.2, 0.25) is 0 Å². The SMILES string of the molecule is CCC(=O)c1cc(C(=O)CCCCC2CCNCC2)cc2c1O[C@H](C)[C@H]2c1ccccc1. The Morgan fingerprint density at radius 1 is 1.03 bits per heavy atom. The largest absolute Gasteiger partial charge is 0.489 e. The second kappa shape index (κ2) is 10.4. The van der Waals surface area contributed by atoms with E-state index in [4.69, 9.17) is 4.74 Å². The zero-order valence-electron chi connectivity index (χ0n) is 19.4. The second-order valence-electron chi connectivity index (χ2n) is 9.29. The molecule has 4 heteroatoms. The van der Waals surface area contributed by atoms with E-state index in [0.29, 0.717) is 29.7 Å². The molecule has 2 aromatic rings.